The SMILES string of the molecule is CCCOC1CCCN(Cc2cc(N)ccc2Br)C1. The molecular weight excluding hydrogens is 304 g/mol. The largest absolute Gasteiger partial charge is 0.399 e. The second-order valence-corrected chi connectivity index (χ2v) is 6.08. The average molecular weight is 327 g/mol. The fraction of sp³-hybridized carbons (Fsp3) is 0.600. The number of anilines is 1. The quantitative estimate of drug-likeness (QED) is 0.842. The van der Waals surface area contributed by atoms with Crippen LogP contribution in [0, 0.1) is 0 Å². The van der Waals surface area contributed by atoms with Gasteiger partial charge in [0.1, 0.15) is 0 Å². The second kappa shape index (κ2) is 7.27. The van der Waals surface area contributed by atoms with Gasteiger partial charge in [-0.15, -0.1) is 0 Å². The lowest BCUT2D eigenvalue weighted by Crippen LogP contribution is -2.39. The molecule has 2 rings (SSSR count). The van der Waals surface area contributed by atoms with E-state index in [0.717, 1.165) is 42.8 Å². The highest BCUT2D eigenvalue weighted by molar-refractivity contribution is 9.10. The minimum atomic E-state index is 0.397. The topological polar surface area (TPSA) is 38.5 Å². The van der Waals surface area contributed by atoms with Crippen molar-refractivity contribution in [1.29, 1.82) is 0 Å². The highest BCUT2D eigenvalue weighted by atomic mass is 79.9. The van der Waals surface area contributed by atoms with Gasteiger partial charge in [0.25, 0.3) is 0 Å². The number of benzene rings is 1. The van der Waals surface area contributed by atoms with Crippen molar-refractivity contribution in [2.45, 2.75) is 38.8 Å². The van der Waals surface area contributed by atoms with Gasteiger partial charge in [0, 0.05) is 29.9 Å². The van der Waals surface area contributed by atoms with Crippen LogP contribution in [0.2, 0.25) is 0 Å². The van der Waals surface area contributed by atoms with Gasteiger partial charge in [-0.05, 0) is 49.6 Å². The summed E-state index contributed by atoms with van der Waals surface area (Å²) in [4.78, 5) is 2.46. The first-order valence-corrected chi connectivity index (χ1v) is 7.86. The molecule has 0 saturated carbocycles. The number of likely N-dealkylation sites (tertiary alicyclic amines) is 1. The summed E-state index contributed by atoms with van der Waals surface area (Å²) < 4.78 is 7.01. The van der Waals surface area contributed by atoms with Gasteiger partial charge in [-0.2, -0.15) is 0 Å². The van der Waals surface area contributed by atoms with Crippen LogP contribution >= 0.6 is 15.9 Å². The lowest BCUT2D eigenvalue weighted by molar-refractivity contribution is -0.00227. The lowest BCUT2D eigenvalue weighted by atomic mass is 10.1. The fourth-order valence-corrected chi connectivity index (χ4v) is 2.91. The molecule has 0 aliphatic carbocycles. The van der Waals surface area contributed by atoms with Crippen molar-refractivity contribution < 1.29 is 4.74 Å². The summed E-state index contributed by atoms with van der Waals surface area (Å²) in [6.07, 6.45) is 3.90. The average Bonchev–Trinajstić information content (AvgIpc) is 2.41. The van der Waals surface area contributed by atoms with E-state index in [1.807, 2.05) is 12.1 Å². The zero-order chi connectivity index (χ0) is 13.7. The predicted molar refractivity (Wildman–Crippen MR) is 83.1 cm³/mol. The molecule has 1 unspecified atom stereocenters. The Morgan fingerprint density at radius 1 is 1.47 bits per heavy atom. The summed E-state index contributed by atoms with van der Waals surface area (Å²) in [5.74, 6) is 0. The summed E-state index contributed by atoms with van der Waals surface area (Å²) >= 11 is 3.60. The third-order valence-electron chi connectivity index (χ3n) is 3.48. The summed E-state index contributed by atoms with van der Waals surface area (Å²) in [6.45, 7) is 6.15. The maximum Gasteiger partial charge on any atom is 0.0702 e. The minimum absolute atomic E-state index is 0.397. The van der Waals surface area contributed by atoms with Crippen molar-refractivity contribution in [3.63, 3.8) is 0 Å². The number of rotatable bonds is 5. The summed E-state index contributed by atoms with van der Waals surface area (Å²) in [5.41, 5.74) is 7.95. The standard InChI is InChI=1S/C15H23BrN2O/c1-2-8-19-14-4-3-7-18(11-14)10-12-9-13(17)5-6-15(12)16/h5-6,9,14H,2-4,7-8,10-11,17H2,1H3. The van der Waals surface area contributed by atoms with Crippen molar-refractivity contribution in [3.8, 4) is 0 Å². The van der Waals surface area contributed by atoms with Crippen LogP contribution in [0.25, 0.3) is 0 Å². The molecular formula is C15H23BrN2O. The molecule has 19 heavy (non-hydrogen) atoms. The van der Waals surface area contributed by atoms with Gasteiger partial charge in [-0.1, -0.05) is 22.9 Å². The smallest absolute Gasteiger partial charge is 0.0702 e. The molecule has 106 valence electrons. The molecule has 2 N–H and O–H groups in total. The molecule has 1 aliphatic rings. The van der Waals surface area contributed by atoms with Crippen molar-refractivity contribution in [3.05, 3.63) is 28.2 Å². The normalized spacial score (nSPS) is 20.6. The molecule has 4 heteroatoms. The van der Waals surface area contributed by atoms with Crippen molar-refractivity contribution in [2.24, 2.45) is 0 Å². The zero-order valence-electron chi connectivity index (χ0n) is 11.6. The van der Waals surface area contributed by atoms with Gasteiger partial charge in [0.2, 0.25) is 0 Å². The van der Waals surface area contributed by atoms with E-state index >= 15 is 0 Å². The Labute approximate surface area is 124 Å². The first kappa shape index (κ1) is 14.8. The Morgan fingerprint density at radius 3 is 3.11 bits per heavy atom. The fourth-order valence-electron chi connectivity index (χ4n) is 2.53. The monoisotopic (exact) mass is 326 g/mol. The van der Waals surface area contributed by atoms with Crippen LogP contribution in [0.4, 0.5) is 5.69 Å². The number of piperidine rings is 1. The maximum atomic E-state index is 5.88. The number of nitrogens with two attached hydrogens (primary N) is 1. The maximum absolute atomic E-state index is 5.88. The van der Waals surface area contributed by atoms with E-state index < -0.39 is 0 Å². The lowest BCUT2D eigenvalue weighted by Gasteiger charge is -2.32. The number of hydrogen-bond acceptors (Lipinski definition) is 3. The van der Waals surface area contributed by atoms with E-state index in [9.17, 15) is 0 Å². The van der Waals surface area contributed by atoms with Crippen molar-refractivity contribution >= 4 is 21.6 Å². The third-order valence-corrected chi connectivity index (χ3v) is 4.26. The van der Waals surface area contributed by atoms with E-state index in [-0.39, 0.29) is 0 Å². The number of nitrogens with zero attached hydrogens (tertiary/aromatic N) is 1. The third kappa shape index (κ3) is 4.48. The van der Waals surface area contributed by atoms with Gasteiger partial charge in [-0.3, -0.25) is 4.90 Å². The molecule has 0 bridgehead atoms. The molecule has 1 saturated heterocycles. The number of nitrogen functional groups attached to an aromatic ring is 1. The number of halogens is 1. The van der Waals surface area contributed by atoms with Crippen LogP contribution in [0.3, 0.4) is 0 Å². The van der Waals surface area contributed by atoms with Crippen LogP contribution in [-0.4, -0.2) is 30.7 Å². The van der Waals surface area contributed by atoms with Gasteiger partial charge in [-0.25, -0.2) is 0 Å². The van der Waals surface area contributed by atoms with Crippen LogP contribution in [0.5, 0.6) is 0 Å². The van der Waals surface area contributed by atoms with Crippen molar-refractivity contribution in [2.75, 3.05) is 25.4 Å². The van der Waals surface area contributed by atoms with Crippen LogP contribution in [-0.2, 0) is 11.3 Å². The molecule has 1 heterocycles. The molecule has 1 aliphatic heterocycles. The highest BCUT2D eigenvalue weighted by Crippen LogP contribution is 2.23. The summed E-state index contributed by atoms with van der Waals surface area (Å²) in [5, 5.41) is 0. The van der Waals surface area contributed by atoms with E-state index in [0.29, 0.717) is 6.10 Å². The Morgan fingerprint density at radius 2 is 2.32 bits per heavy atom. The van der Waals surface area contributed by atoms with Crippen LogP contribution in [0.1, 0.15) is 31.7 Å². The van der Waals surface area contributed by atoms with E-state index in [1.54, 1.807) is 0 Å². The van der Waals surface area contributed by atoms with E-state index in [2.05, 4.69) is 33.8 Å². The molecule has 1 aromatic rings. The summed E-state index contributed by atoms with van der Waals surface area (Å²) in [6, 6.07) is 6.01. The minimum Gasteiger partial charge on any atom is -0.399 e. The highest BCUT2D eigenvalue weighted by Gasteiger charge is 2.20. The molecule has 0 amide bonds. The number of ether oxygens (including phenoxy) is 1. The Bertz CT molecular complexity index is 411. The molecule has 0 radical (unpaired) electrons. The predicted octanol–water partition coefficient (Wildman–Crippen LogP) is 3.42. The first-order valence-electron chi connectivity index (χ1n) is 7.07. The van der Waals surface area contributed by atoms with Crippen LogP contribution in [0.15, 0.2) is 22.7 Å². The van der Waals surface area contributed by atoms with Crippen LogP contribution < -0.4 is 5.73 Å². The molecule has 0 aromatic heterocycles. The first-order chi connectivity index (χ1) is 9.19. The Balaban J connectivity index is 1.93. The van der Waals surface area contributed by atoms with E-state index in [4.69, 9.17) is 10.5 Å². The molecule has 0 spiro atoms. The molecule has 1 fully saturated rings. The Kier molecular flexibility index (Phi) is 5.67. The van der Waals surface area contributed by atoms with E-state index in [1.165, 1.54) is 18.4 Å². The molecule has 3 nitrogen and oxygen atoms in total. The van der Waals surface area contributed by atoms with Gasteiger partial charge in [0.15, 0.2) is 0 Å². The number of hydrogen-bond donors (Lipinski definition) is 1. The van der Waals surface area contributed by atoms with Crippen molar-refractivity contribution in [1.82, 2.24) is 4.90 Å². The molecule has 1 atom stereocenters. The Hall–Kier alpha value is -0.580. The zero-order valence-corrected chi connectivity index (χ0v) is 13.2. The van der Waals surface area contributed by atoms with Gasteiger partial charge in [0.05, 0.1) is 6.10 Å². The van der Waals surface area contributed by atoms with Gasteiger partial charge < -0.3 is 10.5 Å². The summed E-state index contributed by atoms with van der Waals surface area (Å²) in [7, 11) is 0. The second-order valence-electron chi connectivity index (χ2n) is 5.22. The molecule has 1 aromatic carbocycles. The van der Waals surface area contributed by atoms with Gasteiger partial charge >= 0.3 is 0 Å².